The summed E-state index contributed by atoms with van der Waals surface area (Å²) in [5.41, 5.74) is 0.654. The number of aromatic nitrogens is 1. The van der Waals surface area contributed by atoms with Crippen LogP contribution in [0.2, 0.25) is 5.02 Å². The zero-order valence-electron chi connectivity index (χ0n) is 9.71. The Morgan fingerprint density at radius 1 is 1.32 bits per heavy atom. The molecule has 0 saturated carbocycles. The summed E-state index contributed by atoms with van der Waals surface area (Å²) in [6.07, 6.45) is 0.402. The summed E-state index contributed by atoms with van der Waals surface area (Å²) in [7, 11) is -3.65. The first-order valence-corrected chi connectivity index (χ1v) is 8.09. The second-order valence-electron chi connectivity index (χ2n) is 3.68. The van der Waals surface area contributed by atoms with Crippen molar-refractivity contribution in [2.45, 2.75) is 11.3 Å². The van der Waals surface area contributed by atoms with Gasteiger partial charge in [-0.3, -0.25) is 4.72 Å². The highest BCUT2D eigenvalue weighted by atomic mass is 35.5. The van der Waals surface area contributed by atoms with Gasteiger partial charge in [-0.1, -0.05) is 11.6 Å². The van der Waals surface area contributed by atoms with Crippen molar-refractivity contribution in [3.63, 3.8) is 0 Å². The van der Waals surface area contributed by atoms with Crippen molar-refractivity contribution in [2.75, 3.05) is 11.3 Å². The molecule has 8 heteroatoms. The standard InChI is InChI=1S/C11H11ClN2O3S2/c12-8-1-3-10(4-2-8)19(16,17)14-11-13-9(5-6-15)7-18-11/h1-4,7,15H,5-6H2,(H,13,14). The van der Waals surface area contributed by atoms with Gasteiger partial charge in [0.25, 0.3) is 10.0 Å². The lowest BCUT2D eigenvalue weighted by Gasteiger charge is -2.04. The smallest absolute Gasteiger partial charge is 0.263 e. The van der Waals surface area contributed by atoms with Gasteiger partial charge >= 0.3 is 0 Å². The number of sulfonamides is 1. The number of aliphatic hydroxyl groups is 1. The van der Waals surface area contributed by atoms with E-state index in [1.54, 1.807) is 5.38 Å². The molecule has 0 radical (unpaired) electrons. The third-order valence-electron chi connectivity index (χ3n) is 2.27. The van der Waals surface area contributed by atoms with Gasteiger partial charge in [-0.15, -0.1) is 11.3 Å². The van der Waals surface area contributed by atoms with Crippen LogP contribution in [0.25, 0.3) is 0 Å². The van der Waals surface area contributed by atoms with Crippen molar-refractivity contribution in [3.8, 4) is 0 Å². The SMILES string of the molecule is O=S(=O)(Nc1nc(CCO)cs1)c1ccc(Cl)cc1. The summed E-state index contributed by atoms with van der Waals surface area (Å²) in [5.74, 6) is 0. The summed E-state index contributed by atoms with van der Waals surface area (Å²) < 4.78 is 26.5. The summed E-state index contributed by atoms with van der Waals surface area (Å²) >= 11 is 6.89. The summed E-state index contributed by atoms with van der Waals surface area (Å²) in [4.78, 5) is 4.19. The number of nitrogens with zero attached hydrogens (tertiary/aromatic N) is 1. The van der Waals surface area contributed by atoms with Crippen molar-refractivity contribution in [1.82, 2.24) is 4.98 Å². The van der Waals surface area contributed by atoms with Gasteiger partial charge in [-0.25, -0.2) is 13.4 Å². The van der Waals surface area contributed by atoms with Gasteiger partial charge < -0.3 is 5.11 Å². The average Bonchev–Trinajstić information content (AvgIpc) is 2.77. The Bertz CT molecular complexity index is 653. The highest BCUT2D eigenvalue weighted by molar-refractivity contribution is 7.93. The molecule has 0 unspecified atom stereocenters. The lowest BCUT2D eigenvalue weighted by Crippen LogP contribution is -2.12. The zero-order valence-corrected chi connectivity index (χ0v) is 12.1. The minimum absolute atomic E-state index is 0.0207. The third-order valence-corrected chi connectivity index (χ3v) is 4.81. The number of hydrogen-bond acceptors (Lipinski definition) is 5. The molecule has 2 aromatic rings. The molecule has 0 bridgehead atoms. The zero-order chi connectivity index (χ0) is 13.9. The van der Waals surface area contributed by atoms with Crippen LogP contribution in [0, 0.1) is 0 Å². The van der Waals surface area contributed by atoms with Crippen LogP contribution in [0.3, 0.4) is 0 Å². The second-order valence-corrected chi connectivity index (χ2v) is 6.65. The van der Waals surface area contributed by atoms with Crippen molar-refractivity contribution in [2.24, 2.45) is 0 Å². The van der Waals surface area contributed by atoms with E-state index in [1.165, 1.54) is 35.6 Å². The first-order chi connectivity index (χ1) is 9.01. The molecular weight excluding hydrogens is 308 g/mol. The van der Waals surface area contributed by atoms with E-state index in [-0.39, 0.29) is 16.6 Å². The van der Waals surface area contributed by atoms with Crippen LogP contribution in [0.4, 0.5) is 5.13 Å². The number of nitrogens with one attached hydrogen (secondary N) is 1. The minimum Gasteiger partial charge on any atom is -0.396 e. The Kier molecular flexibility index (Phi) is 4.41. The Hall–Kier alpha value is -1.15. The molecule has 1 aromatic heterocycles. The number of benzene rings is 1. The van der Waals surface area contributed by atoms with Crippen LogP contribution in [-0.2, 0) is 16.4 Å². The average molecular weight is 319 g/mol. The quantitative estimate of drug-likeness (QED) is 0.885. The largest absolute Gasteiger partial charge is 0.396 e. The van der Waals surface area contributed by atoms with Gasteiger partial charge in [0, 0.05) is 23.4 Å². The van der Waals surface area contributed by atoms with Gasteiger partial charge in [0.15, 0.2) is 5.13 Å². The van der Waals surface area contributed by atoms with Gasteiger partial charge in [0.05, 0.1) is 10.6 Å². The van der Waals surface area contributed by atoms with Gasteiger partial charge in [-0.05, 0) is 24.3 Å². The number of thiazole rings is 1. The highest BCUT2D eigenvalue weighted by Crippen LogP contribution is 2.21. The maximum atomic E-state index is 12.0. The molecule has 2 rings (SSSR count). The van der Waals surface area contributed by atoms with Crippen LogP contribution < -0.4 is 4.72 Å². The van der Waals surface area contributed by atoms with E-state index in [0.717, 1.165) is 0 Å². The van der Waals surface area contributed by atoms with Crippen LogP contribution >= 0.6 is 22.9 Å². The van der Waals surface area contributed by atoms with Crippen molar-refractivity contribution in [1.29, 1.82) is 0 Å². The Morgan fingerprint density at radius 2 is 2.00 bits per heavy atom. The summed E-state index contributed by atoms with van der Waals surface area (Å²) in [5, 5.41) is 11.2. The molecule has 0 spiro atoms. The maximum Gasteiger partial charge on any atom is 0.263 e. The fraction of sp³-hybridized carbons (Fsp3) is 0.182. The molecule has 0 amide bonds. The molecule has 1 heterocycles. The van der Waals surface area contributed by atoms with Crippen molar-refractivity contribution >= 4 is 38.1 Å². The molecule has 0 atom stereocenters. The maximum absolute atomic E-state index is 12.0. The number of hydrogen-bond donors (Lipinski definition) is 2. The lowest BCUT2D eigenvalue weighted by atomic mass is 10.4. The minimum atomic E-state index is -3.65. The number of aliphatic hydroxyl groups excluding tert-OH is 1. The number of rotatable bonds is 5. The fourth-order valence-electron chi connectivity index (χ4n) is 1.37. The van der Waals surface area contributed by atoms with Crippen LogP contribution in [0.15, 0.2) is 34.5 Å². The lowest BCUT2D eigenvalue weighted by molar-refractivity contribution is 0.298. The topological polar surface area (TPSA) is 79.3 Å². The molecule has 5 nitrogen and oxygen atoms in total. The number of halogens is 1. The Balaban J connectivity index is 2.18. The van der Waals surface area contributed by atoms with E-state index in [2.05, 4.69) is 9.71 Å². The van der Waals surface area contributed by atoms with E-state index in [4.69, 9.17) is 16.7 Å². The molecule has 0 aliphatic heterocycles. The van der Waals surface area contributed by atoms with Gasteiger partial charge in [0.2, 0.25) is 0 Å². The van der Waals surface area contributed by atoms with Crippen LogP contribution in [0.5, 0.6) is 0 Å². The van der Waals surface area contributed by atoms with Crippen molar-refractivity contribution in [3.05, 3.63) is 40.4 Å². The monoisotopic (exact) mass is 318 g/mol. The van der Waals surface area contributed by atoms with Crippen LogP contribution in [-0.4, -0.2) is 25.1 Å². The molecule has 2 N–H and O–H groups in total. The molecule has 0 aliphatic rings. The molecule has 0 saturated heterocycles. The first-order valence-electron chi connectivity index (χ1n) is 5.35. The number of anilines is 1. The fourth-order valence-corrected chi connectivity index (χ4v) is 3.49. The van der Waals surface area contributed by atoms with Gasteiger partial charge in [-0.2, -0.15) is 0 Å². The highest BCUT2D eigenvalue weighted by Gasteiger charge is 2.15. The van der Waals surface area contributed by atoms with Gasteiger partial charge in [0.1, 0.15) is 0 Å². The van der Waals surface area contributed by atoms with E-state index < -0.39 is 10.0 Å². The summed E-state index contributed by atoms with van der Waals surface area (Å²) in [6, 6.07) is 5.87. The van der Waals surface area contributed by atoms with E-state index >= 15 is 0 Å². The molecule has 19 heavy (non-hydrogen) atoms. The van der Waals surface area contributed by atoms with Crippen molar-refractivity contribution < 1.29 is 13.5 Å². The molecule has 1 aromatic carbocycles. The predicted octanol–water partition coefficient (Wildman–Crippen LogP) is 2.13. The second kappa shape index (κ2) is 5.87. The Labute approximate surface area is 119 Å². The molecule has 0 fully saturated rings. The normalized spacial score (nSPS) is 11.5. The van der Waals surface area contributed by atoms with E-state index in [0.29, 0.717) is 17.1 Å². The summed E-state index contributed by atoms with van der Waals surface area (Å²) in [6.45, 7) is -0.0207. The van der Waals surface area contributed by atoms with Crippen LogP contribution in [0.1, 0.15) is 5.69 Å². The molecular formula is C11H11ClN2O3S2. The predicted molar refractivity (Wildman–Crippen MR) is 75.2 cm³/mol. The third kappa shape index (κ3) is 3.66. The van der Waals surface area contributed by atoms with E-state index in [1.807, 2.05) is 0 Å². The molecule has 102 valence electrons. The molecule has 0 aliphatic carbocycles. The Morgan fingerprint density at radius 3 is 2.63 bits per heavy atom. The van der Waals surface area contributed by atoms with E-state index in [9.17, 15) is 8.42 Å². The first kappa shape index (κ1) is 14.3.